The molecule has 0 fully saturated rings. The van der Waals surface area contributed by atoms with Gasteiger partial charge in [-0.3, -0.25) is 4.79 Å². The van der Waals surface area contributed by atoms with Crippen molar-refractivity contribution < 1.29 is 4.79 Å². The molecule has 128 valence electrons. The molecule has 3 nitrogen and oxygen atoms in total. The van der Waals surface area contributed by atoms with Gasteiger partial charge in [-0.2, -0.15) is 5.10 Å². The Morgan fingerprint density at radius 3 is 2.50 bits per heavy atom. The Hall–Kier alpha value is -2.37. The summed E-state index contributed by atoms with van der Waals surface area (Å²) in [4.78, 5) is 14.2. The Kier molecular flexibility index (Phi) is 4.66. The van der Waals surface area contributed by atoms with E-state index in [2.05, 4.69) is 37.2 Å². The molecule has 0 spiro atoms. The molecular formula is C20H16BClN2OS. The maximum absolute atomic E-state index is 13.1. The Labute approximate surface area is 162 Å². The van der Waals surface area contributed by atoms with Gasteiger partial charge in [-0.1, -0.05) is 47.4 Å². The van der Waals surface area contributed by atoms with E-state index < -0.39 is 0 Å². The molecule has 1 amide bonds. The standard InChI is InChI=1S/C20H16BClN2OS/c21-15-7-3-13(4-8-15)18-12-17(19-2-1-11-26-19)23-24(18)20(25)14-5-9-16(22)10-6-14/h1-11,18H,12,21H2. The summed E-state index contributed by atoms with van der Waals surface area (Å²) >= 11 is 7.60. The number of hydrogen-bond donors (Lipinski definition) is 0. The second-order valence-electron chi connectivity index (χ2n) is 6.31. The average Bonchev–Trinajstić information content (AvgIpc) is 3.32. The number of rotatable bonds is 3. The van der Waals surface area contributed by atoms with Crippen molar-refractivity contribution >= 4 is 47.9 Å². The molecule has 2 aromatic carbocycles. The van der Waals surface area contributed by atoms with E-state index in [-0.39, 0.29) is 11.9 Å². The molecule has 3 aromatic rings. The number of nitrogens with zero attached hydrogens (tertiary/aromatic N) is 2. The molecule has 4 rings (SSSR count). The first-order chi connectivity index (χ1) is 12.6. The van der Waals surface area contributed by atoms with E-state index in [0.717, 1.165) is 16.2 Å². The molecular weight excluding hydrogens is 363 g/mol. The lowest BCUT2D eigenvalue weighted by Gasteiger charge is -2.22. The number of hydrogen-bond acceptors (Lipinski definition) is 3. The highest BCUT2D eigenvalue weighted by molar-refractivity contribution is 7.12. The van der Waals surface area contributed by atoms with Crippen molar-refractivity contribution in [3.8, 4) is 0 Å². The van der Waals surface area contributed by atoms with Crippen LogP contribution in [0.15, 0.2) is 71.1 Å². The topological polar surface area (TPSA) is 32.7 Å². The Bertz CT molecular complexity index is 952. The zero-order valence-electron chi connectivity index (χ0n) is 14.2. The van der Waals surface area contributed by atoms with Crippen LogP contribution in [0.2, 0.25) is 5.02 Å². The molecule has 0 N–H and O–H groups in total. The van der Waals surface area contributed by atoms with Gasteiger partial charge in [0.05, 0.1) is 16.6 Å². The predicted octanol–water partition coefficient (Wildman–Crippen LogP) is 3.65. The first-order valence-corrected chi connectivity index (χ1v) is 9.64. The van der Waals surface area contributed by atoms with Crippen LogP contribution in [0, 0.1) is 0 Å². The third-order valence-electron chi connectivity index (χ3n) is 4.48. The average molecular weight is 379 g/mol. The van der Waals surface area contributed by atoms with Crippen LogP contribution in [0.25, 0.3) is 0 Å². The van der Waals surface area contributed by atoms with E-state index >= 15 is 0 Å². The fraction of sp³-hybridized carbons (Fsp3) is 0.100. The van der Waals surface area contributed by atoms with Crippen molar-refractivity contribution in [3.05, 3.63) is 87.1 Å². The van der Waals surface area contributed by atoms with E-state index in [1.165, 1.54) is 5.46 Å². The number of carbonyl (C=O) groups is 1. The van der Waals surface area contributed by atoms with Crippen LogP contribution in [-0.4, -0.2) is 24.5 Å². The summed E-state index contributed by atoms with van der Waals surface area (Å²) in [6.45, 7) is 0. The van der Waals surface area contributed by atoms with E-state index in [1.807, 2.05) is 17.5 Å². The molecule has 26 heavy (non-hydrogen) atoms. The largest absolute Gasteiger partial charge is 0.274 e. The molecule has 1 atom stereocenters. The molecule has 0 aliphatic carbocycles. The summed E-state index contributed by atoms with van der Waals surface area (Å²) in [5.41, 5.74) is 3.82. The maximum atomic E-state index is 13.1. The number of benzene rings is 2. The summed E-state index contributed by atoms with van der Waals surface area (Å²) in [6, 6.07) is 19.2. The fourth-order valence-electron chi connectivity index (χ4n) is 3.06. The Morgan fingerprint density at radius 1 is 1.12 bits per heavy atom. The lowest BCUT2D eigenvalue weighted by Crippen LogP contribution is -2.27. The van der Waals surface area contributed by atoms with Gasteiger partial charge in [0.2, 0.25) is 0 Å². The van der Waals surface area contributed by atoms with E-state index in [1.54, 1.807) is 40.6 Å². The highest BCUT2D eigenvalue weighted by Crippen LogP contribution is 2.34. The van der Waals surface area contributed by atoms with Gasteiger partial charge in [0.25, 0.3) is 5.91 Å². The predicted molar refractivity (Wildman–Crippen MR) is 110 cm³/mol. The Morgan fingerprint density at radius 2 is 1.85 bits per heavy atom. The number of amides is 1. The second-order valence-corrected chi connectivity index (χ2v) is 7.70. The molecule has 0 radical (unpaired) electrons. The normalized spacial score (nSPS) is 16.6. The summed E-state index contributed by atoms with van der Waals surface area (Å²) in [6.07, 6.45) is 0.711. The Balaban J connectivity index is 1.71. The molecule has 2 heterocycles. The lowest BCUT2D eigenvalue weighted by molar-refractivity contribution is 0.0711. The number of carbonyl (C=O) groups excluding carboxylic acids is 1. The van der Waals surface area contributed by atoms with Crippen LogP contribution in [0.1, 0.15) is 33.3 Å². The number of thiophene rings is 1. The number of hydrazone groups is 1. The van der Waals surface area contributed by atoms with Crippen LogP contribution in [0.3, 0.4) is 0 Å². The van der Waals surface area contributed by atoms with Crippen molar-refractivity contribution in [2.45, 2.75) is 12.5 Å². The van der Waals surface area contributed by atoms with Gasteiger partial charge in [0.15, 0.2) is 0 Å². The summed E-state index contributed by atoms with van der Waals surface area (Å²) in [5.74, 6) is -0.112. The minimum Gasteiger partial charge on any atom is -0.267 e. The van der Waals surface area contributed by atoms with Gasteiger partial charge < -0.3 is 0 Å². The molecule has 6 heteroatoms. The van der Waals surface area contributed by atoms with E-state index in [9.17, 15) is 4.79 Å². The minimum atomic E-state index is -0.112. The van der Waals surface area contributed by atoms with Crippen molar-refractivity contribution in [1.82, 2.24) is 5.01 Å². The fourth-order valence-corrected chi connectivity index (χ4v) is 3.91. The van der Waals surface area contributed by atoms with Crippen molar-refractivity contribution in [2.24, 2.45) is 5.10 Å². The second kappa shape index (κ2) is 7.10. The number of halogens is 1. The highest BCUT2D eigenvalue weighted by atomic mass is 35.5. The van der Waals surface area contributed by atoms with Gasteiger partial charge in [-0.25, -0.2) is 5.01 Å². The van der Waals surface area contributed by atoms with Crippen LogP contribution in [0.5, 0.6) is 0 Å². The van der Waals surface area contributed by atoms with E-state index in [0.29, 0.717) is 17.0 Å². The minimum absolute atomic E-state index is 0.101. The molecule has 0 bridgehead atoms. The van der Waals surface area contributed by atoms with Crippen LogP contribution in [0.4, 0.5) is 0 Å². The van der Waals surface area contributed by atoms with Gasteiger partial charge in [-0.15, -0.1) is 11.3 Å². The van der Waals surface area contributed by atoms with Gasteiger partial charge in [-0.05, 0) is 41.3 Å². The molecule has 0 saturated heterocycles. The first kappa shape index (κ1) is 17.1. The third-order valence-corrected chi connectivity index (χ3v) is 5.65. The van der Waals surface area contributed by atoms with E-state index in [4.69, 9.17) is 11.6 Å². The van der Waals surface area contributed by atoms with Crippen molar-refractivity contribution in [1.29, 1.82) is 0 Å². The van der Waals surface area contributed by atoms with Crippen LogP contribution in [-0.2, 0) is 0 Å². The van der Waals surface area contributed by atoms with Crippen LogP contribution >= 0.6 is 22.9 Å². The van der Waals surface area contributed by atoms with Crippen LogP contribution < -0.4 is 5.46 Å². The quantitative estimate of drug-likeness (QED) is 0.640. The zero-order valence-corrected chi connectivity index (χ0v) is 15.8. The van der Waals surface area contributed by atoms with Gasteiger partial charge in [0, 0.05) is 17.0 Å². The highest BCUT2D eigenvalue weighted by Gasteiger charge is 2.33. The lowest BCUT2D eigenvalue weighted by atomic mass is 9.92. The summed E-state index contributed by atoms with van der Waals surface area (Å²) in [5, 5.41) is 8.94. The van der Waals surface area contributed by atoms with Gasteiger partial charge in [0.1, 0.15) is 7.85 Å². The molecule has 0 saturated carbocycles. The summed E-state index contributed by atoms with van der Waals surface area (Å²) in [7, 11) is 2.06. The third kappa shape index (κ3) is 3.33. The van der Waals surface area contributed by atoms with Crippen molar-refractivity contribution in [3.63, 3.8) is 0 Å². The molecule has 1 aliphatic rings. The zero-order chi connectivity index (χ0) is 18.1. The van der Waals surface area contributed by atoms with Gasteiger partial charge >= 0.3 is 0 Å². The monoisotopic (exact) mass is 378 g/mol. The SMILES string of the molecule is Bc1ccc(C2CC(c3cccs3)=NN2C(=O)c2ccc(Cl)cc2)cc1. The summed E-state index contributed by atoms with van der Waals surface area (Å²) < 4.78 is 0. The smallest absolute Gasteiger partial charge is 0.267 e. The molecule has 1 aliphatic heterocycles. The molecule has 1 aromatic heterocycles. The molecule has 1 unspecified atom stereocenters. The first-order valence-electron chi connectivity index (χ1n) is 8.39. The van der Waals surface area contributed by atoms with Crippen molar-refractivity contribution in [2.75, 3.05) is 0 Å². The maximum Gasteiger partial charge on any atom is 0.274 e.